The van der Waals surface area contributed by atoms with Crippen LogP contribution in [0.25, 0.3) is 0 Å². The zero-order valence-corrected chi connectivity index (χ0v) is 10.2. The summed E-state index contributed by atoms with van der Waals surface area (Å²) in [6, 6.07) is 6.11. The number of benzene rings is 1. The van der Waals surface area contributed by atoms with E-state index in [0.717, 1.165) is 10.0 Å². The molecule has 3 heteroatoms. The summed E-state index contributed by atoms with van der Waals surface area (Å²) in [6.07, 6.45) is 1.02. The molecule has 15 heavy (non-hydrogen) atoms. The lowest BCUT2D eigenvalue weighted by atomic mass is 10.00. The fraction of sp³-hybridized carbons (Fsp3) is 0.417. The van der Waals surface area contributed by atoms with Gasteiger partial charge in [0, 0.05) is 17.3 Å². The third-order valence-electron chi connectivity index (χ3n) is 2.68. The van der Waals surface area contributed by atoms with E-state index in [1.54, 1.807) is 0 Å². The minimum atomic E-state index is -0.0526. The van der Waals surface area contributed by atoms with Gasteiger partial charge in [-0.15, -0.1) is 0 Å². The lowest BCUT2D eigenvalue weighted by Gasteiger charge is -2.22. The molecule has 1 aromatic carbocycles. The summed E-state index contributed by atoms with van der Waals surface area (Å²) in [7, 11) is 0. The average Bonchev–Trinajstić information content (AvgIpc) is 2.22. The summed E-state index contributed by atoms with van der Waals surface area (Å²) in [5.74, 6) is 0.294. The summed E-state index contributed by atoms with van der Waals surface area (Å²) in [5.41, 5.74) is 2.28. The highest BCUT2D eigenvalue weighted by Gasteiger charge is 2.21. The maximum atomic E-state index is 11.3. The van der Waals surface area contributed by atoms with Crippen molar-refractivity contribution in [2.75, 3.05) is 6.61 Å². The molecule has 0 bridgehead atoms. The standard InChI is InChI=1S/C12H13BrO2/c1-8-2-3-9(6-11(8)13)12-7-10(14)4-5-15-12/h2-3,6,12H,4-5,7H2,1H3. The third kappa shape index (κ3) is 2.47. The van der Waals surface area contributed by atoms with Crippen LogP contribution in [0.5, 0.6) is 0 Å². The van der Waals surface area contributed by atoms with Crippen LogP contribution in [0.15, 0.2) is 22.7 Å². The van der Waals surface area contributed by atoms with Gasteiger partial charge in [-0.2, -0.15) is 0 Å². The molecule has 0 amide bonds. The lowest BCUT2D eigenvalue weighted by Crippen LogP contribution is -2.19. The Bertz CT molecular complexity index is 387. The fourth-order valence-electron chi connectivity index (χ4n) is 1.71. The van der Waals surface area contributed by atoms with Crippen molar-refractivity contribution in [3.05, 3.63) is 33.8 Å². The number of halogens is 1. The first-order valence-corrected chi connectivity index (χ1v) is 5.85. The molecule has 1 aliphatic rings. The van der Waals surface area contributed by atoms with Crippen molar-refractivity contribution in [3.8, 4) is 0 Å². The van der Waals surface area contributed by atoms with E-state index in [1.165, 1.54) is 5.56 Å². The molecular formula is C12H13BrO2. The Morgan fingerprint density at radius 2 is 2.27 bits per heavy atom. The summed E-state index contributed by atoms with van der Waals surface area (Å²) in [5, 5.41) is 0. The van der Waals surface area contributed by atoms with Crippen LogP contribution < -0.4 is 0 Å². The molecule has 0 spiro atoms. The first-order valence-electron chi connectivity index (χ1n) is 5.06. The van der Waals surface area contributed by atoms with E-state index >= 15 is 0 Å². The van der Waals surface area contributed by atoms with Gasteiger partial charge in [0.15, 0.2) is 0 Å². The summed E-state index contributed by atoms with van der Waals surface area (Å²) < 4.78 is 6.66. The van der Waals surface area contributed by atoms with Crippen LogP contribution in [0.1, 0.15) is 30.1 Å². The topological polar surface area (TPSA) is 26.3 Å². The Kier molecular flexibility index (Phi) is 3.22. The molecule has 80 valence electrons. The van der Waals surface area contributed by atoms with Gasteiger partial charge in [-0.1, -0.05) is 28.1 Å². The minimum absolute atomic E-state index is 0.0526. The van der Waals surface area contributed by atoms with Crippen molar-refractivity contribution < 1.29 is 9.53 Å². The Hall–Kier alpha value is -0.670. The third-order valence-corrected chi connectivity index (χ3v) is 3.54. The van der Waals surface area contributed by atoms with E-state index in [1.807, 2.05) is 25.1 Å². The van der Waals surface area contributed by atoms with Gasteiger partial charge >= 0.3 is 0 Å². The predicted octanol–water partition coefficient (Wildman–Crippen LogP) is 3.18. The van der Waals surface area contributed by atoms with Gasteiger partial charge < -0.3 is 4.74 Å². The molecule has 2 rings (SSSR count). The Balaban J connectivity index is 2.21. The Labute approximate surface area is 97.8 Å². The zero-order chi connectivity index (χ0) is 10.8. The van der Waals surface area contributed by atoms with Gasteiger partial charge in [0.25, 0.3) is 0 Å². The molecule has 1 heterocycles. The smallest absolute Gasteiger partial charge is 0.138 e. The van der Waals surface area contributed by atoms with Crippen LogP contribution in [0, 0.1) is 6.92 Å². The lowest BCUT2D eigenvalue weighted by molar-refractivity contribution is -0.128. The van der Waals surface area contributed by atoms with E-state index < -0.39 is 0 Å². The molecule has 0 N–H and O–H groups in total. The molecule has 1 atom stereocenters. The molecule has 0 aliphatic carbocycles. The maximum absolute atomic E-state index is 11.3. The summed E-state index contributed by atoms with van der Waals surface area (Å²) in [6.45, 7) is 2.59. The molecule has 1 unspecified atom stereocenters. The first kappa shape index (κ1) is 10.8. The number of hydrogen-bond acceptors (Lipinski definition) is 2. The van der Waals surface area contributed by atoms with Crippen LogP contribution >= 0.6 is 15.9 Å². The van der Waals surface area contributed by atoms with Crippen molar-refractivity contribution in [3.63, 3.8) is 0 Å². The fourth-order valence-corrected chi connectivity index (χ4v) is 2.10. The van der Waals surface area contributed by atoms with Crippen molar-refractivity contribution in [1.29, 1.82) is 0 Å². The Morgan fingerprint density at radius 1 is 1.47 bits per heavy atom. The Morgan fingerprint density at radius 3 is 2.93 bits per heavy atom. The number of Topliss-reactive ketones (excluding diaryl/α,β-unsaturated/α-hetero) is 1. The van der Waals surface area contributed by atoms with Gasteiger partial charge in [0.2, 0.25) is 0 Å². The summed E-state index contributed by atoms with van der Waals surface area (Å²) in [4.78, 5) is 11.3. The molecule has 1 saturated heterocycles. The second-order valence-electron chi connectivity index (χ2n) is 3.86. The van der Waals surface area contributed by atoms with Crippen LogP contribution in [-0.2, 0) is 9.53 Å². The molecule has 1 aliphatic heterocycles. The van der Waals surface area contributed by atoms with Gasteiger partial charge in [-0.25, -0.2) is 0 Å². The predicted molar refractivity (Wildman–Crippen MR) is 61.8 cm³/mol. The minimum Gasteiger partial charge on any atom is -0.373 e. The number of carbonyl (C=O) groups excluding carboxylic acids is 1. The number of aryl methyl sites for hydroxylation is 1. The number of rotatable bonds is 1. The number of ketones is 1. The number of hydrogen-bond donors (Lipinski definition) is 0. The van der Waals surface area contributed by atoms with Crippen LogP contribution in [-0.4, -0.2) is 12.4 Å². The largest absolute Gasteiger partial charge is 0.373 e. The highest BCUT2D eigenvalue weighted by Crippen LogP contribution is 2.29. The normalized spacial score (nSPS) is 21.7. The highest BCUT2D eigenvalue weighted by atomic mass is 79.9. The van der Waals surface area contributed by atoms with Crippen molar-refractivity contribution >= 4 is 21.7 Å². The van der Waals surface area contributed by atoms with Gasteiger partial charge in [0.1, 0.15) is 5.78 Å². The zero-order valence-electron chi connectivity index (χ0n) is 8.63. The van der Waals surface area contributed by atoms with Crippen molar-refractivity contribution in [1.82, 2.24) is 0 Å². The van der Waals surface area contributed by atoms with E-state index in [2.05, 4.69) is 15.9 Å². The molecule has 2 nitrogen and oxygen atoms in total. The molecular weight excluding hydrogens is 256 g/mol. The SMILES string of the molecule is Cc1ccc(C2CC(=O)CCO2)cc1Br. The quantitative estimate of drug-likeness (QED) is 0.782. The maximum Gasteiger partial charge on any atom is 0.138 e. The number of ether oxygens (including phenoxy) is 1. The van der Waals surface area contributed by atoms with Gasteiger partial charge in [-0.05, 0) is 24.1 Å². The molecule has 1 fully saturated rings. The van der Waals surface area contributed by atoms with Crippen LogP contribution in [0.3, 0.4) is 0 Å². The van der Waals surface area contributed by atoms with Gasteiger partial charge in [0.05, 0.1) is 12.7 Å². The number of carbonyl (C=O) groups is 1. The second-order valence-corrected chi connectivity index (χ2v) is 4.72. The average molecular weight is 269 g/mol. The van der Waals surface area contributed by atoms with Crippen LogP contribution in [0.2, 0.25) is 0 Å². The van der Waals surface area contributed by atoms with E-state index in [0.29, 0.717) is 25.2 Å². The van der Waals surface area contributed by atoms with Crippen LogP contribution in [0.4, 0.5) is 0 Å². The first-order chi connectivity index (χ1) is 7.16. The van der Waals surface area contributed by atoms with Crippen molar-refractivity contribution in [2.45, 2.75) is 25.9 Å². The second kappa shape index (κ2) is 4.45. The monoisotopic (exact) mass is 268 g/mol. The molecule has 0 saturated carbocycles. The molecule has 0 aromatic heterocycles. The highest BCUT2D eigenvalue weighted by molar-refractivity contribution is 9.10. The summed E-state index contributed by atoms with van der Waals surface area (Å²) >= 11 is 3.49. The molecule has 0 radical (unpaired) electrons. The van der Waals surface area contributed by atoms with Gasteiger partial charge in [-0.3, -0.25) is 4.79 Å². The van der Waals surface area contributed by atoms with E-state index in [-0.39, 0.29) is 6.10 Å². The van der Waals surface area contributed by atoms with E-state index in [4.69, 9.17) is 4.74 Å². The van der Waals surface area contributed by atoms with Crippen molar-refractivity contribution in [2.24, 2.45) is 0 Å². The van der Waals surface area contributed by atoms with E-state index in [9.17, 15) is 4.79 Å². The molecule has 1 aromatic rings.